The number of alkyl carbamates (subject to hydrolysis) is 1. The summed E-state index contributed by atoms with van der Waals surface area (Å²) >= 11 is 0. The number of guanidine groups is 1. The van der Waals surface area contributed by atoms with Crippen LogP contribution >= 0.6 is 0 Å². The molecule has 1 heterocycles. The molecule has 2 aromatic rings. The molecule has 2 aromatic carbocycles. The molecule has 1 atom stereocenters. The molecule has 0 spiro atoms. The smallest absolute Gasteiger partial charge is 0.408 e. The molecular formula is C38H58N6O8S. The summed E-state index contributed by atoms with van der Waals surface area (Å²) in [4.78, 5) is 42.5. The van der Waals surface area contributed by atoms with Gasteiger partial charge in [0.1, 0.15) is 29.6 Å². The van der Waals surface area contributed by atoms with Gasteiger partial charge in [-0.2, -0.15) is 0 Å². The minimum atomic E-state index is -4.08. The number of sulfonamides is 1. The average molecular weight is 759 g/mol. The third-order valence-electron chi connectivity index (χ3n) is 8.60. The molecule has 6 N–H and O–H groups in total. The third-order valence-corrected chi connectivity index (χ3v) is 10.2. The first-order valence-electron chi connectivity index (χ1n) is 17.8. The highest BCUT2D eigenvalue weighted by Gasteiger charge is 2.37. The monoisotopic (exact) mass is 758 g/mol. The number of nitrogens with two attached hydrogens (primary N) is 1. The molecule has 1 aliphatic rings. The normalized spacial score (nSPS) is 14.8. The van der Waals surface area contributed by atoms with Crippen molar-refractivity contribution < 1.29 is 37.0 Å². The van der Waals surface area contributed by atoms with E-state index in [2.05, 4.69) is 25.7 Å². The average Bonchev–Trinajstić information content (AvgIpc) is 3.38. The standard InChI is InChI=1S/C38H58N6O8S/c1-24-25(2)32(26(3)28-19-38(9,10)51-31(24)28)53(48,49)44-34(39)41-18-14-17-29(43-35(47)52-36(4,5)6)33(46)42-23-37(7,8)22-40-20-30(45)50-21-27-15-12-11-13-16-27/h11-13,15-16,29,40H,14,17-23H2,1-10H3,(H,42,46)(H,43,47)(H3,39,41,44)/t29-/m0/s1. The van der Waals surface area contributed by atoms with Crippen LogP contribution in [0.3, 0.4) is 0 Å². The van der Waals surface area contributed by atoms with Gasteiger partial charge in [0.05, 0.1) is 11.4 Å². The predicted octanol–water partition coefficient (Wildman–Crippen LogP) is 4.07. The number of nitrogens with one attached hydrogen (secondary N) is 4. The van der Waals surface area contributed by atoms with Crippen LogP contribution in [0.2, 0.25) is 0 Å². The molecular weight excluding hydrogens is 701 g/mol. The number of hydrogen-bond donors (Lipinski definition) is 5. The number of fused-ring (bicyclic) bond motifs is 1. The first-order chi connectivity index (χ1) is 24.5. The van der Waals surface area contributed by atoms with Crippen molar-refractivity contribution >= 4 is 34.0 Å². The maximum absolute atomic E-state index is 13.5. The van der Waals surface area contributed by atoms with E-state index in [1.807, 2.05) is 65.0 Å². The second-order valence-electron chi connectivity index (χ2n) is 15.9. The topological polar surface area (TPSA) is 200 Å². The Morgan fingerprint density at radius 2 is 1.66 bits per heavy atom. The van der Waals surface area contributed by atoms with Gasteiger partial charge in [-0.25, -0.2) is 17.9 Å². The van der Waals surface area contributed by atoms with Crippen molar-refractivity contribution in [2.24, 2.45) is 16.1 Å². The van der Waals surface area contributed by atoms with Crippen LogP contribution < -0.4 is 31.1 Å². The van der Waals surface area contributed by atoms with Crippen molar-refractivity contribution in [3.8, 4) is 5.75 Å². The van der Waals surface area contributed by atoms with Crippen LogP contribution in [-0.4, -0.2) is 75.8 Å². The van der Waals surface area contributed by atoms with E-state index in [0.29, 0.717) is 24.1 Å². The number of carbonyl (C=O) groups is 3. The minimum absolute atomic E-state index is 0.00627. The van der Waals surface area contributed by atoms with E-state index >= 15 is 0 Å². The van der Waals surface area contributed by atoms with E-state index in [-0.39, 0.29) is 49.9 Å². The molecule has 0 aliphatic carbocycles. The number of ether oxygens (including phenoxy) is 3. The molecule has 0 unspecified atom stereocenters. The highest BCUT2D eigenvalue weighted by molar-refractivity contribution is 7.90. The molecule has 0 saturated heterocycles. The zero-order valence-corrected chi connectivity index (χ0v) is 33.6. The Morgan fingerprint density at radius 3 is 2.30 bits per heavy atom. The highest BCUT2D eigenvalue weighted by Crippen LogP contribution is 2.43. The molecule has 0 saturated carbocycles. The first kappa shape index (κ1) is 43.0. The Bertz CT molecular complexity index is 1770. The summed E-state index contributed by atoms with van der Waals surface area (Å²) in [6.45, 7) is 19.2. The number of amides is 2. The van der Waals surface area contributed by atoms with Gasteiger partial charge in [0.2, 0.25) is 11.9 Å². The van der Waals surface area contributed by atoms with Crippen molar-refractivity contribution in [1.82, 2.24) is 20.7 Å². The second-order valence-corrected chi connectivity index (χ2v) is 17.5. The van der Waals surface area contributed by atoms with Crippen molar-refractivity contribution in [1.29, 1.82) is 0 Å². The van der Waals surface area contributed by atoms with Crippen LogP contribution in [0.15, 0.2) is 40.2 Å². The number of benzene rings is 2. The van der Waals surface area contributed by atoms with Crippen LogP contribution in [0.25, 0.3) is 0 Å². The summed E-state index contributed by atoms with van der Waals surface area (Å²) in [6.07, 6.45) is 0.272. The van der Waals surface area contributed by atoms with E-state index in [1.54, 1.807) is 34.6 Å². The Hall–Kier alpha value is -4.37. The molecule has 294 valence electrons. The number of rotatable bonds is 16. The van der Waals surface area contributed by atoms with Gasteiger partial charge < -0.3 is 35.9 Å². The summed E-state index contributed by atoms with van der Waals surface area (Å²) < 4.78 is 46.3. The highest BCUT2D eigenvalue weighted by atomic mass is 32.2. The number of esters is 1. The lowest BCUT2D eigenvalue weighted by atomic mass is 9.93. The van der Waals surface area contributed by atoms with Gasteiger partial charge in [0.15, 0.2) is 0 Å². The number of hydrogen-bond acceptors (Lipinski definition) is 10. The van der Waals surface area contributed by atoms with E-state index in [1.165, 1.54) is 0 Å². The lowest BCUT2D eigenvalue weighted by molar-refractivity contribution is -0.144. The van der Waals surface area contributed by atoms with Gasteiger partial charge >= 0.3 is 12.1 Å². The Labute approximate surface area is 314 Å². The summed E-state index contributed by atoms with van der Waals surface area (Å²) in [5.41, 5.74) is 8.05. The van der Waals surface area contributed by atoms with Crippen LogP contribution in [0.4, 0.5) is 4.79 Å². The fraction of sp³-hybridized carbons (Fsp3) is 0.579. The summed E-state index contributed by atoms with van der Waals surface area (Å²) in [5, 5.41) is 8.60. The Morgan fingerprint density at radius 1 is 1.00 bits per heavy atom. The quantitative estimate of drug-likeness (QED) is 0.0720. The molecule has 2 amide bonds. The van der Waals surface area contributed by atoms with Gasteiger partial charge in [-0.1, -0.05) is 44.2 Å². The number of aliphatic imine (C=N–C) groups is 1. The first-order valence-corrected chi connectivity index (χ1v) is 19.3. The SMILES string of the molecule is Cc1c(C)c(S(=O)(=O)NC(N)=NCCC[C@H](NC(=O)OC(C)(C)C)C(=O)NCC(C)(C)CNCC(=O)OCc2ccccc2)c(C)c2c1OC(C)(C)C2. The zero-order chi connectivity index (χ0) is 39.8. The molecule has 15 heteroatoms. The van der Waals surface area contributed by atoms with Gasteiger partial charge in [-0.3, -0.25) is 14.6 Å². The summed E-state index contributed by atoms with van der Waals surface area (Å²) in [5.74, 6) is -0.401. The lowest BCUT2D eigenvalue weighted by Gasteiger charge is -2.27. The van der Waals surface area contributed by atoms with Gasteiger partial charge in [0, 0.05) is 31.6 Å². The van der Waals surface area contributed by atoms with Gasteiger partial charge in [-0.05, 0) is 95.9 Å². The van der Waals surface area contributed by atoms with Gasteiger partial charge in [0.25, 0.3) is 10.0 Å². The summed E-state index contributed by atoms with van der Waals surface area (Å²) in [6, 6.07) is 8.41. The largest absolute Gasteiger partial charge is 0.487 e. The van der Waals surface area contributed by atoms with Crippen LogP contribution in [0, 0.1) is 26.2 Å². The van der Waals surface area contributed by atoms with E-state index in [9.17, 15) is 22.8 Å². The van der Waals surface area contributed by atoms with Crippen LogP contribution in [0.5, 0.6) is 5.75 Å². The number of carbonyl (C=O) groups excluding carboxylic acids is 3. The maximum atomic E-state index is 13.5. The van der Waals surface area contributed by atoms with E-state index in [4.69, 9.17) is 19.9 Å². The molecule has 0 radical (unpaired) electrons. The maximum Gasteiger partial charge on any atom is 0.408 e. The number of nitrogens with zero attached hydrogens (tertiary/aromatic N) is 1. The van der Waals surface area contributed by atoms with E-state index in [0.717, 1.165) is 22.4 Å². The lowest BCUT2D eigenvalue weighted by Crippen LogP contribution is -2.51. The zero-order valence-electron chi connectivity index (χ0n) is 32.8. The summed E-state index contributed by atoms with van der Waals surface area (Å²) in [7, 11) is -4.08. The molecule has 14 nitrogen and oxygen atoms in total. The molecule has 0 bridgehead atoms. The molecule has 0 fully saturated rings. The van der Waals surface area contributed by atoms with Crippen molar-refractivity contribution in [3.05, 3.63) is 58.1 Å². The Kier molecular flexibility index (Phi) is 14.3. The second kappa shape index (κ2) is 17.6. The van der Waals surface area contributed by atoms with E-state index < -0.39 is 50.7 Å². The minimum Gasteiger partial charge on any atom is -0.487 e. The van der Waals surface area contributed by atoms with Crippen molar-refractivity contribution in [2.75, 3.05) is 26.2 Å². The fourth-order valence-corrected chi connectivity index (χ4v) is 7.41. The molecule has 3 rings (SSSR count). The Balaban J connectivity index is 1.57. The van der Waals surface area contributed by atoms with Crippen molar-refractivity contribution in [2.45, 2.75) is 117 Å². The fourth-order valence-electron chi connectivity index (χ4n) is 5.89. The molecule has 1 aliphatic heterocycles. The van der Waals surface area contributed by atoms with Crippen molar-refractivity contribution in [3.63, 3.8) is 0 Å². The van der Waals surface area contributed by atoms with Gasteiger partial charge in [-0.15, -0.1) is 0 Å². The molecule has 0 aromatic heterocycles. The molecule has 53 heavy (non-hydrogen) atoms. The van der Waals surface area contributed by atoms with Crippen LogP contribution in [-0.2, 0) is 42.1 Å². The third kappa shape index (κ3) is 13.2. The predicted molar refractivity (Wildman–Crippen MR) is 204 cm³/mol. The van der Waals surface area contributed by atoms with Crippen LogP contribution in [0.1, 0.15) is 89.1 Å².